The minimum atomic E-state index is -0.729. The molecule has 3 aromatic rings. The molecule has 5 rings (SSSR count). The van der Waals surface area contributed by atoms with E-state index in [9.17, 15) is 14.4 Å². The number of benzene rings is 2. The molecule has 0 radical (unpaired) electrons. The summed E-state index contributed by atoms with van der Waals surface area (Å²) in [6, 6.07) is 13.3. The molecular weight excluding hydrogens is 496 g/mol. The average molecular weight is 531 g/mol. The highest BCUT2D eigenvalue weighted by Gasteiger charge is 2.30. The van der Waals surface area contributed by atoms with E-state index >= 15 is 0 Å². The molecule has 3 heterocycles. The predicted octanol–water partition coefficient (Wildman–Crippen LogP) is 3.52. The van der Waals surface area contributed by atoms with E-state index < -0.39 is 6.04 Å². The monoisotopic (exact) mass is 530 g/mol. The average Bonchev–Trinajstić information content (AvgIpc) is 3.55. The Bertz CT molecular complexity index is 1390. The van der Waals surface area contributed by atoms with Gasteiger partial charge >= 0.3 is 0 Å². The van der Waals surface area contributed by atoms with E-state index in [1.807, 2.05) is 36.1 Å². The normalized spacial score (nSPS) is 18.3. The van der Waals surface area contributed by atoms with E-state index in [1.165, 1.54) is 0 Å². The Hall–Kier alpha value is -4.34. The highest BCUT2D eigenvalue weighted by Crippen LogP contribution is 2.23. The van der Waals surface area contributed by atoms with Crippen LogP contribution in [0, 0.1) is 6.92 Å². The fourth-order valence-electron chi connectivity index (χ4n) is 5.05. The molecule has 0 unspecified atom stereocenters. The molecule has 2 aliphatic heterocycles. The van der Waals surface area contributed by atoms with E-state index in [2.05, 4.69) is 10.6 Å². The number of amides is 3. The summed E-state index contributed by atoms with van der Waals surface area (Å²) in [5.74, 6) is 0.331. The molecule has 2 saturated heterocycles. The van der Waals surface area contributed by atoms with Gasteiger partial charge in [0.15, 0.2) is 0 Å². The lowest BCUT2D eigenvalue weighted by molar-refractivity contribution is -0.140. The zero-order chi connectivity index (χ0) is 27.4. The molecule has 2 aromatic carbocycles. The molecule has 10 nitrogen and oxygen atoms in total. The summed E-state index contributed by atoms with van der Waals surface area (Å²) in [6.07, 6.45) is 4.10. The number of aryl methyl sites for hydroxylation is 1. The molecule has 0 aliphatic carbocycles. The van der Waals surface area contributed by atoms with Crippen LogP contribution in [0.1, 0.15) is 48.2 Å². The van der Waals surface area contributed by atoms with Crippen LogP contribution in [-0.2, 0) is 9.59 Å². The van der Waals surface area contributed by atoms with E-state index in [0.717, 1.165) is 55.5 Å². The summed E-state index contributed by atoms with van der Waals surface area (Å²) in [5, 5.41) is 6.92. The van der Waals surface area contributed by atoms with E-state index in [4.69, 9.17) is 15.1 Å². The number of nitrogens with one attached hydrogen (secondary N) is 2. The number of hydrogen-bond acceptors (Lipinski definition) is 6. The molecule has 1 aromatic heterocycles. The van der Waals surface area contributed by atoms with Crippen molar-refractivity contribution in [2.45, 2.75) is 45.1 Å². The van der Waals surface area contributed by atoms with Crippen LogP contribution in [0.3, 0.4) is 0 Å². The van der Waals surface area contributed by atoms with E-state index in [1.54, 1.807) is 29.2 Å². The van der Waals surface area contributed by atoms with Crippen molar-refractivity contribution >= 4 is 46.0 Å². The topological polar surface area (TPSA) is 133 Å². The van der Waals surface area contributed by atoms with Crippen LogP contribution in [0.2, 0.25) is 0 Å². The third-order valence-electron chi connectivity index (χ3n) is 7.13. The maximum atomic E-state index is 13.5. The standard InChI is InChI=1S/C29H34N6O4/c1-19-16-21-17-23(11-12-25(21)39-19)31-29(33-27(37)20-7-9-22(30)10-8-20)32-24-6-2-3-15-35(28(24)38)18-26(36)34-13-4-5-14-34/h7-12,16-17,24H,2-6,13-15,18,30H2,1H3,(H2,31,32,33,37)/t24-/m0/s1. The van der Waals surface area contributed by atoms with Gasteiger partial charge in [0.1, 0.15) is 17.4 Å². The zero-order valence-corrected chi connectivity index (χ0v) is 22.1. The van der Waals surface area contributed by atoms with Crippen LogP contribution >= 0.6 is 0 Å². The Morgan fingerprint density at radius 2 is 1.77 bits per heavy atom. The van der Waals surface area contributed by atoms with Crippen LogP contribution in [0.4, 0.5) is 11.4 Å². The van der Waals surface area contributed by atoms with E-state index in [0.29, 0.717) is 29.9 Å². The van der Waals surface area contributed by atoms with Crippen molar-refractivity contribution < 1.29 is 18.8 Å². The van der Waals surface area contributed by atoms with Gasteiger partial charge in [-0.2, -0.15) is 0 Å². The Morgan fingerprint density at radius 1 is 1.03 bits per heavy atom. The van der Waals surface area contributed by atoms with Crippen molar-refractivity contribution in [3.8, 4) is 0 Å². The van der Waals surface area contributed by atoms with Crippen LogP contribution in [0.5, 0.6) is 0 Å². The van der Waals surface area contributed by atoms with Gasteiger partial charge in [-0.1, -0.05) is 0 Å². The number of hydrogen-bond donors (Lipinski definition) is 3. The molecule has 204 valence electrons. The first-order chi connectivity index (χ1) is 18.9. The maximum Gasteiger partial charge on any atom is 0.257 e. The predicted molar refractivity (Wildman–Crippen MR) is 150 cm³/mol. The fourth-order valence-corrected chi connectivity index (χ4v) is 5.05. The smallest absolute Gasteiger partial charge is 0.257 e. The number of fused-ring (bicyclic) bond motifs is 1. The number of nitrogens with two attached hydrogens (primary N) is 1. The number of carbonyl (C=O) groups is 3. The molecule has 3 amide bonds. The minimum Gasteiger partial charge on any atom is -0.461 e. The molecule has 0 saturated carbocycles. The quantitative estimate of drug-likeness (QED) is 0.263. The van der Waals surface area contributed by atoms with Gasteiger partial charge in [0, 0.05) is 42.0 Å². The second-order valence-corrected chi connectivity index (χ2v) is 10.1. The van der Waals surface area contributed by atoms with Crippen LogP contribution in [0.15, 0.2) is 57.9 Å². The molecule has 0 bridgehead atoms. The first-order valence-electron chi connectivity index (χ1n) is 13.4. The van der Waals surface area contributed by atoms with Gasteiger partial charge in [0.25, 0.3) is 5.91 Å². The number of likely N-dealkylation sites (tertiary alicyclic amines) is 2. The third-order valence-corrected chi connectivity index (χ3v) is 7.13. The van der Waals surface area contributed by atoms with Crippen molar-refractivity contribution in [1.29, 1.82) is 0 Å². The van der Waals surface area contributed by atoms with Gasteiger partial charge in [-0.05, 0) is 87.6 Å². The lowest BCUT2D eigenvalue weighted by Crippen LogP contribution is -2.45. The summed E-state index contributed by atoms with van der Waals surface area (Å²) >= 11 is 0. The largest absolute Gasteiger partial charge is 0.461 e. The van der Waals surface area contributed by atoms with Crippen molar-refractivity contribution in [2.24, 2.45) is 4.99 Å². The molecule has 2 fully saturated rings. The molecule has 39 heavy (non-hydrogen) atoms. The first kappa shape index (κ1) is 26.3. The lowest BCUT2D eigenvalue weighted by Gasteiger charge is -2.25. The van der Waals surface area contributed by atoms with Gasteiger partial charge in [-0.25, -0.2) is 4.99 Å². The molecule has 10 heteroatoms. The summed E-state index contributed by atoms with van der Waals surface area (Å²) in [6.45, 7) is 3.94. The number of nitrogens with zero attached hydrogens (tertiary/aromatic N) is 3. The van der Waals surface area contributed by atoms with Crippen molar-refractivity contribution in [3.05, 3.63) is 59.9 Å². The minimum absolute atomic E-state index is 0.0239. The number of carbonyl (C=O) groups excluding carboxylic acids is 3. The SMILES string of the molecule is Cc1cc2cc(NC(=N[C@H]3CCCCN(CC(=O)N4CCCC4)C3=O)NC(=O)c3ccc(N)cc3)ccc2o1. The van der Waals surface area contributed by atoms with Crippen LogP contribution in [0.25, 0.3) is 11.0 Å². The Labute approximate surface area is 227 Å². The van der Waals surface area contributed by atoms with Crippen LogP contribution in [-0.4, -0.2) is 65.7 Å². The number of furan rings is 1. The van der Waals surface area contributed by atoms with Gasteiger partial charge in [0.2, 0.25) is 17.8 Å². The zero-order valence-electron chi connectivity index (χ0n) is 22.1. The van der Waals surface area contributed by atoms with Crippen molar-refractivity contribution in [1.82, 2.24) is 15.1 Å². The maximum absolute atomic E-state index is 13.5. The number of anilines is 2. The first-order valence-corrected chi connectivity index (χ1v) is 13.4. The highest BCUT2D eigenvalue weighted by molar-refractivity contribution is 6.11. The van der Waals surface area contributed by atoms with Gasteiger partial charge < -0.3 is 25.3 Å². The lowest BCUT2D eigenvalue weighted by atomic mass is 10.1. The van der Waals surface area contributed by atoms with Gasteiger partial charge in [0.05, 0.1) is 6.54 Å². The van der Waals surface area contributed by atoms with Gasteiger partial charge in [-0.3, -0.25) is 19.7 Å². The molecule has 1 atom stereocenters. The molecular formula is C29H34N6O4. The Balaban J connectivity index is 1.39. The Kier molecular flexibility index (Phi) is 7.81. The summed E-state index contributed by atoms with van der Waals surface area (Å²) in [4.78, 5) is 47.6. The van der Waals surface area contributed by atoms with Crippen molar-refractivity contribution in [3.63, 3.8) is 0 Å². The second kappa shape index (κ2) is 11.6. The molecule has 0 spiro atoms. The number of rotatable bonds is 5. The highest BCUT2D eigenvalue weighted by atomic mass is 16.3. The number of nitrogen functional groups attached to an aromatic ring is 1. The second-order valence-electron chi connectivity index (χ2n) is 10.1. The fraction of sp³-hybridized carbons (Fsp3) is 0.379. The summed E-state index contributed by atoms with van der Waals surface area (Å²) < 4.78 is 5.67. The van der Waals surface area contributed by atoms with Gasteiger partial charge in [-0.15, -0.1) is 0 Å². The van der Waals surface area contributed by atoms with E-state index in [-0.39, 0.29) is 30.2 Å². The molecule has 4 N–H and O–H groups in total. The summed E-state index contributed by atoms with van der Waals surface area (Å²) in [5.41, 5.74) is 8.16. The molecule has 2 aliphatic rings. The number of aliphatic imine (C=N–C) groups is 1. The Morgan fingerprint density at radius 3 is 2.54 bits per heavy atom. The van der Waals surface area contributed by atoms with Crippen LogP contribution < -0.4 is 16.4 Å². The number of guanidine groups is 1. The third kappa shape index (κ3) is 6.39. The van der Waals surface area contributed by atoms with Crippen molar-refractivity contribution in [2.75, 3.05) is 37.2 Å². The summed E-state index contributed by atoms with van der Waals surface area (Å²) in [7, 11) is 0.